The Morgan fingerprint density at radius 1 is 0.763 bits per heavy atom. The highest BCUT2D eigenvalue weighted by Gasteiger charge is 2.23. The highest BCUT2D eigenvalue weighted by molar-refractivity contribution is 6.44. The first-order valence-electron chi connectivity index (χ1n) is 12.1. The Hall–Kier alpha value is -4.06. The fourth-order valence-corrected chi connectivity index (χ4v) is 5.22. The number of ether oxygens (including phenoxy) is 2. The summed E-state index contributed by atoms with van der Waals surface area (Å²) in [5.41, 5.74) is 5.10. The molecule has 0 N–H and O–H groups in total. The molecule has 7 heteroatoms. The van der Waals surface area contributed by atoms with E-state index >= 15 is 0 Å². The van der Waals surface area contributed by atoms with Gasteiger partial charge in [0, 0.05) is 22.8 Å². The minimum Gasteiger partial charge on any atom is -0.493 e. The van der Waals surface area contributed by atoms with Gasteiger partial charge in [-0.1, -0.05) is 83.9 Å². The van der Waals surface area contributed by atoms with Crippen LogP contribution >= 0.6 is 23.2 Å². The molecule has 4 aromatic carbocycles. The second-order valence-corrected chi connectivity index (χ2v) is 9.65. The van der Waals surface area contributed by atoms with Gasteiger partial charge in [0.15, 0.2) is 17.1 Å². The third-order valence-corrected chi connectivity index (χ3v) is 7.44. The van der Waals surface area contributed by atoms with Gasteiger partial charge < -0.3 is 9.47 Å². The maximum atomic E-state index is 6.73. The molecule has 0 aliphatic heterocycles. The number of hydrogen-bond donors (Lipinski definition) is 0. The number of rotatable bonds is 6. The van der Waals surface area contributed by atoms with Gasteiger partial charge in [-0.05, 0) is 35.9 Å². The minimum atomic E-state index is 0.437. The van der Waals surface area contributed by atoms with Crippen LogP contribution in [-0.2, 0) is 6.42 Å². The van der Waals surface area contributed by atoms with Gasteiger partial charge in [0.2, 0.25) is 0 Å². The van der Waals surface area contributed by atoms with Gasteiger partial charge in [0.05, 0.1) is 46.7 Å². The zero-order valence-corrected chi connectivity index (χ0v) is 22.3. The predicted octanol–water partition coefficient (Wildman–Crippen LogP) is 8.16. The molecule has 6 aromatic rings. The minimum absolute atomic E-state index is 0.437. The fourth-order valence-electron chi connectivity index (χ4n) is 4.83. The van der Waals surface area contributed by atoms with E-state index in [-0.39, 0.29) is 0 Å². The smallest absolute Gasteiger partial charge is 0.164 e. The van der Waals surface area contributed by atoms with Crippen LogP contribution in [0.4, 0.5) is 0 Å². The lowest BCUT2D eigenvalue weighted by Gasteiger charge is -2.15. The van der Waals surface area contributed by atoms with Crippen molar-refractivity contribution in [3.05, 3.63) is 112 Å². The molecule has 5 nitrogen and oxygen atoms in total. The average molecular weight is 540 g/mol. The van der Waals surface area contributed by atoms with Crippen molar-refractivity contribution in [2.24, 2.45) is 0 Å². The second kappa shape index (κ2) is 10.0. The molecule has 2 heterocycles. The second-order valence-electron chi connectivity index (χ2n) is 8.87. The number of methoxy groups -OCH3 is 2. The summed E-state index contributed by atoms with van der Waals surface area (Å²) in [7, 11) is 3.26. The van der Waals surface area contributed by atoms with Crippen LogP contribution in [0.2, 0.25) is 10.0 Å². The van der Waals surface area contributed by atoms with E-state index in [1.165, 1.54) is 0 Å². The van der Waals surface area contributed by atoms with Crippen molar-refractivity contribution in [2.45, 2.75) is 6.42 Å². The Labute approximate surface area is 230 Å². The number of hydrogen-bond acceptors (Lipinski definition) is 4. The Morgan fingerprint density at radius 2 is 1.42 bits per heavy atom. The number of pyridine rings is 1. The van der Waals surface area contributed by atoms with Crippen LogP contribution in [0.15, 0.2) is 91.0 Å². The van der Waals surface area contributed by atoms with Crippen LogP contribution in [0.1, 0.15) is 11.3 Å². The first-order chi connectivity index (χ1) is 18.6. The largest absolute Gasteiger partial charge is 0.493 e. The highest BCUT2D eigenvalue weighted by atomic mass is 35.5. The van der Waals surface area contributed by atoms with Crippen LogP contribution in [0.5, 0.6) is 11.5 Å². The lowest BCUT2D eigenvalue weighted by atomic mass is 9.98. The van der Waals surface area contributed by atoms with Gasteiger partial charge in [-0.2, -0.15) is 5.10 Å². The van der Waals surface area contributed by atoms with Crippen molar-refractivity contribution >= 4 is 45.0 Å². The molecule has 0 atom stereocenters. The Balaban J connectivity index is 1.77. The van der Waals surface area contributed by atoms with E-state index in [0.29, 0.717) is 39.3 Å². The third-order valence-electron chi connectivity index (χ3n) is 6.62. The molecule has 2 aromatic heterocycles. The molecule has 0 radical (unpaired) electrons. The summed E-state index contributed by atoms with van der Waals surface area (Å²) in [6, 6.07) is 29.8. The number of benzene rings is 4. The first-order valence-corrected chi connectivity index (χ1v) is 12.9. The molecule has 0 spiro atoms. The van der Waals surface area contributed by atoms with Crippen molar-refractivity contribution in [3.63, 3.8) is 0 Å². The quantitative estimate of drug-likeness (QED) is 0.214. The number of halogens is 2. The molecule has 0 aliphatic rings. The summed E-state index contributed by atoms with van der Waals surface area (Å²) < 4.78 is 13.3. The van der Waals surface area contributed by atoms with Crippen molar-refractivity contribution in [1.82, 2.24) is 14.8 Å². The van der Waals surface area contributed by atoms with E-state index in [4.69, 9.17) is 42.8 Å². The maximum Gasteiger partial charge on any atom is 0.164 e. The number of aromatic nitrogens is 3. The van der Waals surface area contributed by atoms with Crippen LogP contribution < -0.4 is 9.47 Å². The molecule has 0 saturated heterocycles. The third kappa shape index (κ3) is 4.14. The van der Waals surface area contributed by atoms with Crippen LogP contribution in [0, 0.1) is 0 Å². The summed E-state index contributed by atoms with van der Waals surface area (Å²) >= 11 is 13.2. The van der Waals surface area contributed by atoms with Crippen molar-refractivity contribution in [3.8, 4) is 28.4 Å². The molecule has 0 unspecified atom stereocenters. The predicted molar refractivity (Wildman–Crippen MR) is 154 cm³/mol. The van der Waals surface area contributed by atoms with Crippen LogP contribution in [0.3, 0.4) is 0 Å². The maximum absolute atomic E-state index is 6.73. The lowest BCUT2D eigenvalue weighted by molar-refractivity contribution is 0.356. The van der Waals surface area contributed by atoms with Gasteiger partial charge in [0.1, 0.15) is 0 Å². The molecule has 0 saturated carbocycles. The van der Waals surface area contributed by atoms with E-state index in [2.05, 4.69) is 12.1 Å². The number of nitrogens with zero attached hydrogens (tertiary/aromatic N) is 3. The average Bonchev–Trinajstić information content (AvgIpc) is 3.32. The summed E-state index contributed by atoms with van der Waals surface area (Å²) in [4.78, 5) is 5.21. The number of para-hydroxylation sites is 1. The molecule has 0 fully saturated rings. The van der Waals surface area contributed by atoms with Gasteiger partial charge in [-0.3, -0.25) is 0 Å². The van der Waals surface area contributed by atoms with Crippen LogP contribution in [0.25, 0.3) is 38.8 Å². The molecule has 6 rings (SSSR count). The zero-order chi connectivity index (χ0) is 26.2. The molecule has 0 aliphatic carbocycles. The van der Waals surface area contributed by atoms with Gasteiger partial charge in [-0.15, -0.1) is 0 Å². The van der Waals surface area contributed by atoms with Crippen molar-refractivity contribution in [1.29, 1.82) is 0 Å². The summed E-state index contributed by atoms with van der Waals surface area (Å²) in [6.45, 7) is 0. The Kier molecular flexibility index (Phi) is 6.40. The van der Waals surface area contributed by atoms with E-state index in [0.717, 1.165) is 38.7 Å². The van der Waals surface area contributed by atoms with Crippen LogP contribution in [-0.4, -0.2) is 29.0 Å². The molecule has 0 bridgehead atoms. The van der Waals surface area contributed by atoms with Gasteiger partial charge in [-0.25, -0.2) is 9.67 Å². The topological polar surface area (TPSA) is 49.2 Å². The van der Waals surface area contributed by atoms with E-state index < -0.39 is 0 Å². The standard InChI is InChI=1S/C31H23Cl2N3O2/c1-37-26-17-22-23(18-27(26)38-2)30(21-14-9-15-24(32)29(21)33)34-31-28(22)25(16-19-10-5-3-6-11-19)35-36(31)20-12-7-4-8-13-20/h3-15,17-18H,16H2,1-2H3. The monoisotopic (exact) mass is 539 g/mol. The van der Waals surface area contributed by atoms with E-state index in [1.807, 2.05) is 77.5 Å². The highest BCUT2D eigenvalue weighted by Crippen LogP contribution is 2.43. The van der Waals surface area contributed by atoms with E-state index in [1.54, 1.807) is 20.3 Å². The molecule has 38 heavy (non-hydrogen) atoms. The zero-order valence-electron chi connectivity index (χ0n) is 20.8. The molecule has 188 valence electrons. The number of fused-ring (bicyclic) bond motifs is 3. The molecule has 0 amide bonds. The summed E-state index contributed by atoms with van der Waals surface area (Å²) in [5, 5.41) is 8.74. The van der Waals surface area contributed by atoms with Gasteiger partial charge in [0.25, 0.3) is 0 Å². The summed E-state index contributed by atoms with van der Waals surface area (Å²) in [6.07, 6.45) is 0.638. The first kappa shape index (κ1) is 24.3. The van der Waals surface area contributed by atoms with E-state index in [9.17, 15) is 0 Å². The molecular weight excluding hydrogens is 517 g/mol. The Bertz CT molecular complexity index is 1780. The van der Waals surface area contributed by atoms with Crippen molar-refractivity contribution < 1.29 is 9.47 Å². The van der Waals surface area contributed by atoms with Crippen molar-refractivity contribution in [2.75, 3.05) is 14.2 Å². The summed E-state index contributed by atoms with van der Waals surface area (Å²) in [5.74, 6) is 1.22. The van der Waals surface area contributed by atoms with Gasteiger partial charge >= 0.3 is 0 Å². The SMILES string of the molecule is COc1cc2c(-c3cccc(Cl)c3Cl)nc3c(c(Cc4ccccc4)nn3-c3ccccc3)c2cc1OC. The lowest BCUT2D eigenvalue weighted by Crippen LogP contribution is -2.00. The normalized spacial score (nSPS) is 11.3. The fraction of sp³-hybridized carbons (Fsp3) is 0.0968. The molecular formula is C31H23Cl2N3O2. The Morgan fingerprint density at radius 3 is 2.11 bits per heavy atom.